The zero-order chi connectivity index (χ0) is 25.2. The number of para-hydroxylation sites is 2. The van der Waals surface area contributed by atoms with Crippen molar-refractivity contribution in [1.29, 1.82) is 0 Å². The summed E-state index contributed by atoms with van der Waals surface area (Å²) in [6.07, 6.45) is 0.782. The number of rotatable bonds is 8. The summed E-state index contributed by atoms with van der Waals surface area (Å²) in [4.78, 5) is 40.4. The molecular formula is C27H27N3O6. The van der Waals surface area contributed by atoms with Crippen molar-refractivity contribution in [3.8, 4) is 5.75 Å². The number of hydrogen-bond donors (Lipinski definition) is 1. The van der Waals surface area contributed by atoms with Crippen molar-refractivity contribution in [3.63, 3.8) is 0 Å². The molecule has 0 saturated carbocycles. The molecule has 2 aliphatic rings. The van der Waals surface area contributed by atoms with Gasteiger partial charge in [0.15, 0.2) is 5.75 Å². The molecule has 1 saturated heterocycles. The first-order chi connectivity index (χ1) is 17.4. The highest BCUT2D eigenvalue weighted by Gasteiger charge is 2.35. The maximum atomic E-state index is 13.2. The molecule has 2 aliphatic heterocycles. The van der Waals surface area contributed by atoms with Crippen LogP contribution in [0, 0.1) is 16.0 Å². The van der Waals surface area contributed by atoms with Crippen molar-refractivity contribution >= 4 is 28.3 Å². The highest BCUT2D eigenvalue weighted by Crippen LogP contribution is 2.31. The second-order valence-electron chi connectivity index (χ2n) is 9.36. The van der Waals surface area contributed by atoms with E-state index in [2.05, 4.69) is 4.90 Å². The van der Waals surface area contributed by atoms with Gasteiger partial charge in [-0.15, -0.1) is 0 Å². The first-order valence-electron chi connectivity index (χ1n) is 12.1. The number of amides is 2. The third kappa shape index (κ3) is 4.67. The Morgan fingerprint density at radius 1 is 0.972 bits per heavy atom. The third-order valence-corrected chi connectivity index (χ3v) is 6.97. The van der Waals surface area contributed by atoms with Gasteiger partial charge >= 0.3 is 5.69 Å². The van der Waals surface area contributed by atoms with Crippen molar-refractivity contribution < 1.29 is 24.4 Å². The number of carbonyl (C=O) groups is 2. The molecule has 0 radical (unpaired) electrons. The van der Waals surface area contributed by atoms with E-state index in [-0.39, 0.29) is 35.8 Å². The number of piperidine rings is 1. The summed E-state index contributed by atoms with van der Waals surface area (Å²) >= 11 is 0. The number of nitrogens with zero attached hydrogens (tertiary/aromatic N) is 3. The number of benzene rings is 3. The standard InChI is InChI=1S/C27H27N3O6/c31-20(17-36-24-10-2-1-9-23(24)30(34)35)16-28-13-11-18(12-14-28)15-29-26(32)21-7-3-5-19-6-4-8-22(25(19)21)27(29)33/h1-10,18,20,31H,11-17H2/t20-/m1/s1. The maximum Gasteiger partial charge on any atom is 0.310 e. The van der Waals surface area contributed by atoms with Crippen LogP contribution >= 0.6 is 0 Å². The molecule has 0 unspecified atom stereocenters. The van der Waals surface area contributed by atoms with Gasteiger partial charge in [-0.25, -0.2) is 0 Å². The second-order valence-corrected chi connectivity index (χ2v) is 9.36. The van der Waals surface area contributed by atoms with E-state index in [4.69, 9.17) is 4.74 Å². The van der Waals surface area contributed by atoms with Crippen LogP contribution in [0.3, 0.4) is 0 Å². The number of hydrogen-bond acceptors (Lipinski definition) is 7. The van der Waals surface area contributed by atoms with E-state index in [1.807, 2.05) is 24.3 Å². The molecule has 1 atom stereocenters. The number of imide groups is 1. The molecule has 1 fully saturated rings. The largest absolute Gasteiger partial charge is 0.484 e. The Balaban J connectivity index is 1.14. The Morgan fingerprint density at radius 3 is 2.25 bits per heavy atom. The molecule has 3 aromatic carbocycles. The fourth-order valence-electron chi connectivity index (χ4n) is 5.12. The summed E-state index contributed by atoms with van der Waals surface area (Å²) < 4.78 is 5.50. The van der Waals surface area contributed by atoms with Crippen LogP contribution < -0.4 is 4.74 Å². The molecule has 0 aromatic heterocycles. The predicted molar refractivity (Wildman–Crippen MR) is 133 cm³/mol. The molecule has 9 nitrogen and oxygen atoms in total. The monoisotopic (exact) mass is 489 g/mol. The van der Waals surface area contributed by atoms with Gasteiger partial charge in [-0.3, -0.25) is 24.6 Å². The Morgan fingerprint density at radius 2 is 1.61 bits per heavy atom. The summed E-state index contributed by atoms with van der Waals surface area (Å²) in [5, 5.41) is 23.2. The highest BCUT2D eigenvalue weighted by atomic mass is 16.6. The number of carbonyl (C=O) groups excluding carboxylic acids is 2. The van der Waals surface area contributed by atoms with Crippen LogP contribution in [0.15, 0.2) is 60.7 Å². The molecule has 2 heterocycles. The van der Waals surface area contributed by atoms with Gasteiger partial charge in [-0.05, 0) is 55.4 Å². The van der Waals surface area contributed by atoms with Gasteiger partial charge < -0.3 is 14.7 Å². The number of ether oxygens (including phenoxy) is 1. The fraction of sp³-hybridized carbons (Fsp3) is 0.333. The van der Waals surface area contributed by atoms with Gasteiger partial charge in [0.2, 0.25) is 0 Å². The van der Waals surface area contributed by atoms with Gasteiger partial charge in [-0.1, -0.05) is 36.4 Å². The predicted octanol–water partition coefficient (Wildman–Crippen LogP) is 3.50. The number of aliphatic hydroxyl groups is 1. The minimum absolute atomic E-state index is 0.0491. The number of likely N-dealkylation sites (tertiary alicyclic amines) is 1. The molecule has 0 spiro atoms. The molecular weight excluding hydrogens is 462 g/mol. The number of nitro groups is 1. The van der Waals surface area contributed by atoms with E-state index in [9.17, 15) is 24.8 Å². The van der Waals surface area contributed by atoms with Crippen molar-refractivity contribution in [2.24, 2.45) is 5.92 Å². The van der Waals surface area contributed by atoms with Gasteiger partial charge in [-0.2, -0.15) is 0 Å². The van der Waals surface area contributed by atoms with Gasteiger partial charge in [0.05, 0.1) is 4.92 Å². The van der Waals surface area contributed by atoms with Gasteiger partial charge in [0.25, 0.3) is 11.8 Å². The molecule has 5 rings (SSSR count). The van der Waals surface area contributed by atoms with E-state index in [1.54, 1.807) is 24.3 Å². The maximum absolute atomic E-state index is 13.2. The summed E-state index contributed by atoms with van der Waals surface area (Å²) in [5.41, 5.74) is 1.01. The number of β-amino-alcohol motifs (C(OH)–C–C–N with tert-alkyl or cyclic N) is 1. The van der Waals surface area contributed by atoms with E-state index in [1.165, 1.54) is 17.0 Å². The summed E-state index contributed by atoms with van der Waals surface area (Å²) in [7, 11) is 0. The molecule has 0 bridgehead atoms. The lowest BCUT2D eigenvalue weighted by Crippen LogP contribution is -2.46. The SMILES string of the molecule is O=C1c2cccc3cccc(c23)C(=O)N1CC1CCN(C[C@@H](O)COc2ccccc2[N+](=O)[O-])CC1. The van der Waals surface area contributed by atoms with E-state index >= 15 is 0 Å². The molecule has 36 heavy (non-hydrogen) atoms. The van der Waals surface area contributed by atoms with Crippen LogP contribution in [-0.4, -0.2) is 70.5 Å². The van der Waals surface area contributed by atoms with Crippen LogP contribution in [-0.2, 0) is 0 Å². The first-order valence-corrected chi connectivity index (χ1v) is 12.1. The lowest BCUT2D eigenvalue weighted by molar-refractivity contribution is -0.385. The molecule has 2 amide bonds. The van der Waals surface area contributed by atoms with Crippen LogP contribution in [0.1, 0.15) is 33.6 Å². The quantitative estimate of drug-likeness (QED) is 0.293. The summed E-state index contributed by atoms with van der Waals surface area (Å²) in [6, 6.07) is 17.2. The minimum atomic E-state index is -0.802. The smallest absolute Gasteiger partial charge is 0.310 e. The van der Waals surface area contributed by atoms with Crippen molar-refractivity contribution in [2.75, 3.05) is 32.8 Å². The third-order valence-electron chi connectivity index (χ3n) is 6.97. The second kappa shape index (κ2) is 10.0. The van der Waals surface area contributed by atoms with E-state index in [0.717, 1.165) is 36.7 Å². The Labute approximate surface area is 208 Å². The van der Waals surface area contributed by atoms with Crippen molar-refractivity contribution in [1.82, 2.24) is 9.80 Å². The minimum Gasteiger partial charge on any atom is -0.484 e. The number of nitro benzene ring substituents is 1. The lowest BCUT2D eigenvalue weighted by atomic mass is 9.91. The molecule has 1 N–H and O–H groups in total. The average molecular weight is 490 g/mol. The molecule has 186 valence electrons. The zero-order valence-corrected chi connectivity index (χ0v) is 19.7. The summed E-state index contributed by atoms with van der Waals surface area (Å²) in [6.45, 7) is 2.14. The normalized spacial score (nSPS) is 17.4. The average Bonchev–Trinajstić information content (AvgIpc) is 2.89. The van der Waals surface area contributed by atoms with Crippen LogP contribution in [0.25, 0.3) is 10.8 Å². The Kier molecular flexibility index (Phi) is 6.67. The zero-order valence-electron chi connectivity index (χ0n) is 19.7. The van der Waals surface area contributed by atoms with Crippen LogP contribution in [0.2, 0.25) is 0 Å². The van der Waals surface area contributed by atoms with Crippen LogP contribution in [0.4, 0.5) is 5.69 Å². The van der Waals surface area contributed by atoms with E-state index in [0.29, 0.717) is 24.2 Å². The Hall–Kier alpha value is -3.82. The highest BCUT2D eigenvalue weighted by molar-refractivity contribution is 6.25. The summed E-state index contributed by atoms with van der Waals surface area (Å²) in [5.74, 6) is -0.170. The number of aliphatic hydroxyl groups excluding tert-OH is 1. The van der Waals surface area contributed by atoms with Crippen molar-refractivity contribution in [3.05, 3.63) is 81.9 Å². The van der Waals surface area contributed by atoms with Gasteiger partial charge in [0, 0.05) is 35.7 Å². The molecule has 9 heteroatoms. The van der Waals surface area contributed by atoms with E-state index < -0.39 is 11.0 Å². The van der Waals surface area contributed by atoms with Crippen LogP contribution in [0.5, 0.6) is 5.75 Å². The lowest BCUT2D eigenvalue weighted by Gasteiger charge is -2.36. The molecule has 0 aliphatic carbocycles. The fourth-order valence-corrected chi connectivity index (χ4v) is 5.12. The van der Waals surface area contributed by atoms with Gasteiger partial charge in [0.1, 0.15) is 12.7 Å². The first kappa shape index (κ1) is 23.9. The van der Waals surface area contributed by atoms with Crippen molar-refractivity contribution in [2.45, 2.75) is 18.9 Å². The Bertz CT molecular complexity index is 1270. The topological polar surface area (TPSA) is 113 Å². The molecule has 3 aromatic rings.